The minimum atomic E-state index is -1.23. The topological polar surface area (TPSA) is 0 Å². The molecule has 0 atom stereocenters. The molecule has 0 rings (SSSR count). The van der Waals surface area contributed by atoms with Crippen molar-refractivity contribution >= 4 is 462 Å². The fourth-order valence-electron chi connectivity index (χ4n) is 2.27. The number of rotatable bonds is 12. The fraction of sp³-hybridized carbons (Fsp3) is 0.929. The highest BCUT2D eigenvalue weighted by Crippen LogP contribution is 2.82. The third-order valence-electron chi connectivity index (χ3n) is 4.93. The largest absolute Gasteiger partial charge is 0.162 e. The van der Waals surface area contributed by atoms with E-state index in [1.165, 1.54) is 0 Å². The molecule has 0 saturated heterocycles. The van der Waals surface area contributed by atoms with Gasteiger partial charge >= 0.3 is 0 Å². The van der Waals surface area contributed by atoms with Crippen LogP contribution in [0.1, 0.15) is 0 Å². The van der Waals surface area contributed by atoms with Crippen LogP contribution in [0, 0.1) is 3.74 Å². The summed E-state index contributed by atoms with van der Waals surface area (Å²) in [4.78, 5) is 0. The van der Waals surface area contributed by atoms with Gasteiger partial charge in [0.05, 0.1) is 0 Å². The number of hydrogen-bond acceptors (Lipinski definition) is 0. The highest BCUT2D eigenvalue weighted by Gasteiger charge is 2.82. The van der Waals surface area contributed by atoms with E-state index in [-0.39, 0.29) is 0 Å². The Morgan fingerprint density at radius 3 is 0.488 bits per heavy atom. The SMILES string of the molecule is Br[C](Br)C(Br)(Br)C(Br)(Br)C(Br)(Br)C(Br)(Br)C(Br)(Br)C(Br)(Br)C(Br)(Br)C(Br)(Br)C(Br)(Br)C(Br)(Br)C(Br)(Br)C(Br)(Br)C(Br)(Br)Br. The molecule has 0 aromatic rings. The molecule has 0 unspecified atom stereocenters. The molecule has 0 spiro atoms. The van der Waals surface area contributed by atoms with Gasteiger partial charge in [-0.1, -0.05) is 462 Å². The van der Waals surface area contributed by atoms with Gasteiger partial charge in [-0.25, -0.2) is 0 Å². The first-order chi connectivity index (χ1) is 17.9. The van der Waals surface area contributed by atoms with Crippen molar-refractivity contribution in [1.29, 1.82) is 0 Å². The first kappa shape index (κ1) is 56.9. The van der Waals surface area contributed by atoms with E-state index in [1.54, 1.807) is 0 Å². The second-order valence-electron chi connectivity index (χ2n) is 7.65. The maximum absolute atomic E-state index is 3.97. The molecule has 0 amide bonds. The maximum Gasteiger partial charge on any atom is 0.162 e. The van der Waals surface area contributed by atoms with Crippen LogP contribution in [0.2, 0.25) is 0 Å². The van der Waals surface area contributed by atoms with Crippen LogP contribution in [0.25, 0.3) is 0 Å². The quantitative estimate of drug-likeness (QED) is 0.171. The van der Waals surface area contributed by atoms with E-state index < -0.39 is 40.9 Å². The molecular formula is C14Br29. The molecule has 0 aliphatic rings. The zero-order chi connectivity index (χ0) is 36.1. The lowest BCUT2D eigenvalue weighted by Gasteiger charge is -2.61. The van der Waals surface area contributed by atoms with Crippen LogP contribution in [0.4, 0.5) is 0 Å². The van der Waals surface area contributed by atoms with Crippen LogP contribution >= 0.6 is 462 Å². The lowest BCUT2D eigenvalue weighted by Crippen LogP contribution is -2.72. The van der Waals surface area contributed by atoms with Crippen molar-refractivity contribution in [2.24, 2.45) is 0 Å². The summed E-state index contributed by atoms with van der Waals surface area (Å²) < 4.78 is -13.8. The van der Waals surface area contributed by atoms with Crippen molar-refractivity contribution in [1.82, 2.24) is 0 Å². The molecule has 259 valence electrons. The van der Waals surface area contributed by atoms with E-state index in [0.717, 1.165) is 0 Å². The first-order valence-electron chi connectivity index (χ1n) is 8.73. The molecule has 0 aromatic heterocycles. The zero-order valence-electron chi connectivity index (χ0n) is 18.0. The van der Waals surface area contributed by atoms with Gasteiger partial charge in [-0.2, -0.15) is 0 Å². The summed E-state index contributed by atoms with van der Waals surface area (Å²) in [6.45, 7) is 0. The van der Waals surface area contributed by atoms with E-state index in [9.17, 15) is 0 Å². The molecule has 0 fully saturated rings. The molecule has 0 nitrogen and oxygen atoms in total. The molecule has 0 heterocycles. The van der Waals surface area contributed by atoms with E-state index >= 15 is 0 Å². The molecule has 0 saturated carbocycles. The van der Waals surface area contributed by atoms with E-state index in [2.05, 4.69) is 462 Å². The molecule has 1 radical (unpaired) electrons. The van der Waals surface area contributed by atoms with Crippen molar-refractivity contribution in [3.63, 3.8) is 0 Å². The van der Waals surface area contributed by atoms with Crippen LogP contribution in [-0.4, -0.2) is 40.9 Å². The maximum atomic E-state index is 3.97. The van der Waals surface area contributed by atoms with Crippen LogP contribution in [0.15, 0.2) is 0 Å². The Morgan fingerprint density at radius 1 is 0.209 bits per heavy atom. The third-order valence-corrected chi connectivity index (χ3v) is 64.8. The Morgan fingerprint density at radius 2 is 0.349 bits per heavy atom. The average molecular weight is 2490 g/mol. The van der Waals surface area contributed by atoms with Crippen molar-refractivity contribution in [3.8, 4) is 0 Å². The minimum absolute atomic E-state index is 0.644. The summed E-state index contributed by atoms with van der Waals surface area (Å²) in [5.41, 5.74) is 0. The minimum Gasteiger partial charge on any atom is -0.0675 e. The van der Waals surface area contributed by atoms with Gasteiger partial charge in [0.25, 0.3) is 0 Å². The smallest absolute Gasteiger partial charge is 0.0675 e. The summed E-state index contributed by atoms with van der Waals surface area (Å²) in [5, 5.41) is 0. The second kappa shape index (κ2) is 18.7. The van der Waals surface area contributed by atoms with E-state index in [0.29, 0.717) is 3.74 Å². The summed E-state index contributed by atoms with van der Waals surface area (Å²) in [7, 11) is 0. The van der Waals surface area contributed by atoms with Crippen molar-refractivity contribution in [2.45, 2.75) is 40.9 Å². The Kier molecular flexibility index (Phi) is 24.8. The van der Waals surface area contributed by atoms with Crippen LogP contribution in [0.5, 0.6) is 0 Å². The van der Waals surface area contributed by atoms with E-state index in [1.807, 2.05) is 0 Å². The molecular weight excluding hydrogens is 2490 g/mol. The Bertz CT molecular complexity index is 1010. The van der Waals surface area contributed by atoms with Crippen LogP contribution in [0.3, 0.4) is 0 Å². The average Bonchev–Trinajstić information content (AvgIpc) is 2.76. The highest BCUT2D eigenvalue weighted by molar-refractivity contribution is 9.42. The van der Waals surface area contributed by atoms with Crippen LogP contribution < -0.4 is 0 Å². The first-order valence-corrected chi connectivity index (χ1v) is 31.7. The van der Waals surface area contributed by atoms with Gasteiger partial charge in [0.2, 0.25) is 0 Å². The Hall–Kier alpha value is 13.9. The molecule has 0 aliphatic heterocycles. The normalized spacial score (nSPS) is 17.2. The molecule has 43 heavy (non-hydrogen) atoms. The number of hydrogen-bond donors (Lipinski definition) is 0. The predicted octanol–water partition coefficient (Wildman–Crippen LogP) is 21.9. The summed E-state index contributed by atoms with van der Waals surface area (Å²) in [5.74, 6) is 0. The Balaban J connectivity index is 7.47. The molecule has 0 aliphatic carbocycles. The second-order valence-corrected chi connectivity index (χ2v) is 58.4. The third kappa shape index (κ3) is 9.94. The highest BCUT2D eigenvalue weighted by atomic mass is 80.0. The lowest BCUT2D eigenvalue weighted by molar-refractivity contribution is 0.539. The monoisotopic (exact) mass is 2460 g/mol. The molecule has 0 aromatic carbocycles. The van der Waals surface area contributed by atoms with Crippen LogP contribution in [-0.2, 0) is 0 Å². The Labute approximate surface area is 494 Å². The van der Waals surface area contributed by atoms with Gasteiger partial charge in [-0.05, 0) is 0 Å². The van der Waals surface area contributed by atoms with Gasteiger partial charge in [0.15, 0.2) is 2.14 Å². The fourth-order valence-corrected chi connectivity index (χ4v) is 29.9. The van der Waals surface area contributed by atoms with Gasteiger partial charge < -0.3 is 0 Å². The number of halogens is 29. The van der Waals surface area contributed by atoms with Gasteiger partial charge in [0, 0.05) is 0 Å². The zero-order valence-corrected chi connectivity index (χ0v) is 64.0. The molecule has 0 bridgehead atoms. The summed E-state index contributed by atoms with van der Waals surface area (Å²) >= 11 is 111. The van der Waals surface area contributed by atoms with Crippen molar-refractivity contribution < 1.29 is 0 Å². The summed E-state index contributed by atoms with van der Waals surface area (Å²) in [6.07, 6.45) is 0. The standard InChI is InChI=1S/C14Br29/c15-1(16)2(17,18)3(19,20)4(21,22)5(23,24)6(25,26)7(27,28)8(29,30)9(31,32)10(33,34)11(35,36)12(37,38)13(39,40)14(41,42)43. The number of alkyl halides is 27. The molecule has 0 N–H and O–H groups in total. The summed E-state index contributed by atoms with van der Waals surface area (Å²) in [6, 6.07) is 0. The predicted molar refractivity (Wildman–Crippen MR) is 298 cm³/mol. The van der Waals surface area contributed by atoms with Gasteiger partial charge in [-0.15, -0.1) is 0 Å². The van der Waals surface area contributed by atoms with Crippen molar-refractivity contribution in [3.05, 3.63) is 3.74 Å². The molecule has 29 heteroatoms. The van der Waals surface area contributed by atoms with E-state index in [4.69, 9.17) is 0 Å². The lowest BCUT2D eigenvalue weighted by atomic mass is 10.0. The van der Waals surface area contributed by atoms with Gasteiger partial charge in [-0.3, -0.25) is 0 Å². The van der Waals surface area contributed by atoms with Crippen molar-refractivity contribution in [2.75, 3.05) is 0 Å². The van der Waals surface area contributed by atoms with Gasteiger partial charge in [0.1, 0.15) is 42.5 Å².